The first-order chi connectivity index (χ1) is 12.0. The van der Waals surface area contributed by atoms with Crippen LogP contribution in [0.5, 0.6) is 5.75 Å². The van der Waals surface area contributed by atoms with Gasteiger partial charge < -0.3 is 10.1 Å². The van der Waals surface area contributed by atoms with Crippen LogP contribution in [0.3, 0.4) is 0 Å². The summed E-state index contributed by atoms with van der Waals surface area (Å²) in [6, 6.07) is 14.7. The van der Waals surface area contributed by atoms with Crippen molar-refractivity contribution in [1.82, 2.24) is 9.78 Å². The smallest absolute Gasteiger partial charge is 0.273 e. The van der Waals surface area contributed by atoms with Gasteiger partial charge in [0.1, 0.15) is 11.4 Å². The number of aryl methyl sites for hydroxylation is 2. The van der Waals surface area contributed by atoms with Crippen LogP contribution in [-0.4, -0.2) is 22.8 Å². The third kappa shape index (κ3) is 3.67. The molecule has 6 heteroatoms. The van der Waals surface area contributed by atoms with Gasteiger partial charge in [-0.2, -0.15) is 5.10 Å². The summed E-state index contributed by atoms with van der Waals surface area (Å²) in [5.41, 5.74) is 3.66. The van der Waals surface area contributed by atoms with Crippen LogP contribution >= 0.6 is 11.6 Å². The average Bonchev–Trinajstić information content (AvgIpc) is 3.00. The van der Waals surface area contributed by atoms with E-state index in [9.17, 15) is 4.79 Å². The van der Waals surface area contributed by atoms with Gasteiger partial charge in [-0.15, -0.1) is 0 Å². The Morgan fingerprint density at radius 2 is 2.00 bits per heavy atom. The third-order valence-corrected chi connectivity index (χ3v) is 4.16. The van der Waals surface area contributed by atoms with Crippen molar-refractivity contribution >= 4 is 23.2 Å². The van der Waals surface area contributed by atoms with Gasteiger partial charge >= 0.3 is 0 Å². The summed E-state index contributed by atoms with van der Waals surface area (Å²) in [7, 11) is 3.35. The van der Waals surface area contributed by atoms with Crippen LogP contribution in [0.2, 0.25) is 5.02 Å². The number of carbonyl (C=O) groups excluding carboxylic acids is 1. The van der Waals surface area contributed by atoms with Crippen LogP contribution < -0.4 is 10.1 Å². The van der Waals surface area contributed by atoms with Crippen molar-refractivity contribution in [3.63, 3.8) is 0 Å². The number of amides is 1. The topological polar surface area (TPSA) is 56.1 Å². The lowest BCUT2D eigenvalue weighted by molar-refractivity contribution is 0.101. The number of ether oxygens (including phenoxy) is 1. The fourth-order valence-electron chi connectivity index (χ4n) is 2.52. The number of methoxy groups -OCH3 is 1. The maximum Gasteiger partial charge on any atom is 0.273 e. The first kappa shape index (κ1) is 17.0. The second-order valence-electron chi connectivity index (χ2n) is 5.68. The van der Waals surface area contributed by atoms with E-state index in [4.69, 9.17) is 16.3 Å². The van der Waals surface area contributed by atoms with E-state index in [1.54, 1.807) is 37.0 Å². The molecule has 0 saturated heterocycles. The van der Waals surface area contributed by atoms with Crippen LogP contribution in [0.15, 0.2) is 48.5 Å². The Bertz CT molecular complexity index is 934. The predicted molar refractivity (Wildman–Crippen MR) is 99.3 cm³/mol. The molecule has 25 heavy (non-hydrogen) atoms. The molecular weight excluding hydrogens is 338 g/mol. The normalized spacial score (nSPS) is 10.6. The molecule has 0 unspecified atom stereocenters. The van der Waals surface area contributed by atoms with Gasteiger partial charge in [0.05, 0.1) is 12.8 Å². The van der Waals surface area contributed by atoms with Gasteiger partial charge in [-0.25, -0.2) is 0 Å². The van der Waals surface area contributed by atoms with Crippen molar-refractivity contribution in [2.45, 2.75) is 6.92 Å². The Morgan fingerprint density at radius 3 is 2.76 bits per heavy atom. The molecule has 0 saturated carbocycles. The number of hydrogen-bond donors (Lipinski definition) is 1. The summed E-state index contributed by atoms with van der Waals surface area (Å²) < 4.78 is 6.80. The van der Waals surface area contributed by atoms with E-state index in [2.05, 4.69) is 10.4 Å². The summed E-state index contributed by atoms with van der Waals surface area (Å²) >= 11 is 6.01. The quantitative estimate of drug-likeness (QED) is 0.758. The van der Waals surface area contributed by atoms with Crippen molar-refractivity contribution in [3.8, 4) is 17.0 Å². The second kappa shape index (κ2) is 6.99. The number of halogens is 1. The Labute approximate surface area is 151 Å². The van der Waals surface area contributed by atoms with Gasteiger partial charge in [0.2, 0.25) is 0 Å². The maximum absolute atomic E-state index is 12.6. The molecule has 0 fully saturated rings. The van der Waals surface area contributed by atoms with Crippen molar-refractivity contribution in [2.75, 3.05) is 12.4 Å². The molecule has 0 atom stereocenters. The molecule has 0 radical (unpaired) electrons. The van der Waals surface area contributed by atoms with Crippen LogP contribution in [0.25, 0.3) is 11.3 Å². The van der Waals surface area contributed by atoms with E-state index >= 15 is 0 Å². The lowest BCUT2D eigenvalue weighted by atomic mass is 10.1. The van der Waals surface area contributed by atoms with Gasteiger partial charge in [-0.05, 0) is 42.8 Å². The molecule has 1 amide bonds. The highest BCUT2D eigenvalue weighted by atomic mass is 35.5. The summed E-state index contributed by atoms with van der Waals surface area (Å²) in [6.07, 6.45) is 0. The van der Waals surface area contributed by atoms with E-state index in [1.165, 1.54) is 0 Å². The molecule has 2 aromatic carbocycles. The van der Waals surface area contributed by atoms with Gasteiger partial charge in [-0.3, -0.25) is 9.48 Å². The number of benzene rings is 2. The molecule has 0 bridgehead atoms. The number of carbonyl (C=O) groups is 1. The fourth-order valence-corrected chi connectivity index (χ4v) is 2.69. The molecule has 3 rings (SSSR count). The van der Waals surface area contributed by atoms with Gasteiger partial charge in [-0.1, -0.05) is 29.8 Å². The number of nitrogens with one attached hydrogen (secondary N) is 1. The molecule has 1 heterocycles. The van der Waals surface area contributed by atoms with Gasteiger partial charge in [0.15, 0.2) is 0 Å². The maximum atomic E-state index is 12.6. The van der Waals surface area contributed by atoms with E-state index in [0.717, 1.165) is 16.9 Å². The first-order valence-corrected chi connectivity index (χ1v) is 8.11. The SMILES string of the molecule is COc1cccc(-c2cc(C(=O)Nc3cc(Cl)ccc3C)n(C)n2)c1. The largest absolute Gasteiger partial charge is 0.497 e. The Hall–Kier alpha value is -2.79. The Kier molecular flexibility index (Phi) is 4.76. The van der Waals surface area contributed by atoms with E-state index in [-0.39, 0.29) is 5.91 Å². The number of hydrogen-bond acceptors (Lipinski definition) is 3. The summed E-state index contributed by atoms with van der Waals surface area (Å²) in [4.78, 5) is 12.6. The first-order valence-electron chi connectivity index (χ1n) is 7.74. The fraction of sp³-hybridized carbons (Fsp3) is 0.158. The van der Waals surface area contributed by atoms with Crippen molar-refractivity contribution < 1.29 is 9.53 Å². The van der Waals surface area contributed by atoms with Gasteiger partial charge in [0.25, 0.3) is 5.91 Å². The summed E-state index contributed by atoms with van der Waals surface area (Å²) in [6.45, 7) is 1.91. The number of nitrogens with zero attached hydrogens (tertiary/aromatic N) is 2. The molecule has 0 aliphatic heterocycles. The minimum absolute atomic E-state index is 0.241. The van der Waals surface area contributed by atoms with E-state index < -0.39 is 0 Å². The standard InChI is InChI=1S/C19H18ClN3O2/c1-12-7-8-14(20)10-16(12)21-19(24)18-11-17(22-23(18)2)13-5-4-6-15(9-13)25-3/h4-11H,1-3H3,(H,21,24). The minimum atomic E-state index is -0.241. The minimum Gasteiger partial charge on any atom is -0.497 e. The highest BCUT2D eigenvalue weighted by Crippen LogP contribution is 2.25. The predicted octanol–water partition coefficient (Wildman–Crippen LogP) is 4.31. The van der Waals surface area contributed by atoms with E-state index in [1.807, 2.05) is 37.3 Å². The second-order valence-corrected chi connectivity index (χ2v) is 6.12. The van der Waals surface area contributed by atoms with E-state index in [0.29, 0.717) is 22.1 Å². The van der Waals surface area contributed by atoms with Crippen LogP contribution in [-0.2, 0) is 7.05 Å². The number of rotatable bonds is 4. The molecule has 3 aromatic rings. The molecule has 1 aromatic heterocycles. The number of anilines is 1. The molecule has 5 nitrogen and oxygen atoms in total. The van der Waals surface area contributed by atoms with Crippen LogP contribution in [0.4, 0.5) is 5.69 Å². The lowest BCUT2D eigenvalue weighted by Crippen LogP contribution is -2.16. The number of aromatic nitrogens is 2. The van der Waals surface area contributed by atoms with Crippen molar-refractivity contribution in [2.24, 2.45) is 7.05 Å². The summed E-state index contributed by atoms with van der Waals surface area (Å²) in [5, 5.41) is 7.89. The molecule has 0 aliphatic carbocycles. The highest BCUT2D eigenvalue weighted by molar-refractivity contribution is 6.31. The average molecular weight is 356 g/mol. The summed E-state index contributed by atoms with van der Waals surface area (Å²) in [5.74, 6) is 0.498. The van der Waals surface area contributed by atoms with Crippen LogP contribution in [0.1, 0.15) is 16.1 Å². The molecule has 0 spiro atoms. The van der Waals surface area contributed by atoms with Crippen molar-refractivity contribution in [3.05, 3.63) is 64.8 Å². The zero-order valence-electron chi connectivity index (χ0n) is 14.2. The zero-order chi connectivity index (χ0) is 18.0. The monoisotopic (exact) mass is 355 g/mol. The Morgan fingerprint density at radius 1 is 1.20 bits per heavy atom. The van der Waals surface area contributed by atoms with Crippen molar-refractivity contribution in [1.29, 1.82) is 0 Å². The highest BCUT2D eigenvalue weighted by Gasteiger charge is 2.15. The van der Waals surface area contributed by atoms with Crippen LogP contribution in [0, 0.1) is 6.92 Å². The Balaban J connectivity index is 1.89. The molecular formula is C19H18ClN3O2. The lowest BCUT2D eigenvalue weighted by Gasteiger charge is -2.08. The molecule has 1 N–H and O–H groups in total. The molecule has 0 aliphatic rings. The zero-order valence-corrected chi connectivity index (χ0v) is 15.0. The van der Waals surface area contributed by atoms with Gasteiger partial charge in [0, 0.05) is 23.3 Å². The molecule has 128 valence electrons. The third-order valence-electron chi connectivity index (χ3n) is 3.93.